The van der Waals surface area contributed by atoms with Gasteiger partial charge in [0.25, 0.3) is 0 Å². The van der Waals surface area contributed by atoms with E-state index >= 15 is 0 Å². The van der Waals surface area contributed by atoms with Gasteiger partial charge in [-0.3, -0.25) is 9.59 Å². The number of hydrogen-bond donors (Lipinski definition) is 3. The number of amides is 1. The third kappa shape index (κ3) is 57.9. The summed E-state index contributed by atoms with van der Waals surface area (Å²) in [7, 11) is 0. The van der Waals surface area contributed by atoms with E-state index in [1.807, 2.05) is 6.08 Å². The zero-order valence-electron chi connectivity index (χ0n) is 48.9. The summed E-state index contributed by atoms with van der Waals surface area (Å²) in [4.78, 5) is 24.6. The molecule has 3 N–H and O–H groups in total. The van der Waals surface area contributed by atoms with E-state index in [9.17, 15) is 19.8 Å². The van der Waals surface area contributed by atoms with Gasteiger partial charge in [-0.05, 0) is 32.1 Å². The lowest BCUT2D eigenvalue weighted by atomic mass is 10.0. The fourth-order valence-corrected chi connectivity index (χ4v) is 10.5. The maximum absolute atomic E-state index is 12.5. The molecule has 0 aromatic carbocycles. The van der Waals surface area contributed by atoms with Crippen molar-refractivity contribution in [3.8, 4) is 0 Å². The smallest absolute Gasteiger partial charge is 0.305 e. The van der Waals surface area contributed by atoms with Gasteiger partial charge in [-0.2, -0.15) is 0 Å². The summed E-state index contributed by atoms with van der Waals surface area (Å²) >= 11 is 0. The Morgan fingerprint density at radius 1 is 0.375 bits per heavy atom. The van der Waals surface area contributed by atoms with Crippen LogP contribution in [-0.4, -0.2) is 47.4 Å². The first kappa shape index (κ1) is 70.6. The normalized spacial score (nSPS) is 12.6. The van der Waals surface area contributed by atoms with Crippen molar-refractivity contribution in [2.45, 2.75) is 386 Å². The summed E-state index contributed by atoms with van der Waals surface area (Å²) in [5.41, 5.74) is 0. The van der Waals surface area contributed by atoms with Gasteiger partial charge in [0.05, 0.1) is 25.4 Å². The van der Waals surface area contributed by atoms with Crippen LogP contribution in [0.1, 0.15) is 373 Å². The second-order valence-corrected chi connectivity index (χ2v) is 22.8. The summed E-state index contributed by atoms with van der Waals surface area (Å²) < 4.78 is 5.49. The Morgan fingerprint density at radius 3 is 0.944 bits per heavy atom. The van der Waals surface area contributed by atoms with Crippen molar-refractivity contribution in [2.75, 3.05) is 13.2 Å². The quantitative estimate of drug-likeness (QED) is 0.0320. The van der Waals surface area contributed by atoms with E-state index in [-0.39, 0.29) is 18.5 Å². The lowest BCUT2D eigenvalue weighted by Crippen LogP contribution is -2.45. The molecule has 0 aromatic rings. The molecule has 6 heteroatoms. The van der Waals surface area contributed by atoms with Crippen molar-refractivity contribution >= 4 is 11.9 Å². The van der Waals surface area contributed by atoms with Gasteiger partial charge >= 0.3 is 5.97 Å². The SMILES string of the molecule is CCCCCCCCCCCCCCCCCCCCCCCC/C=C/C(O)C(CO)NC(=O)CCCCCCCCCCCCCCCOC(=O)CCCCCCCCCCCCCCCCCCCC. The van der Waals surface area contributed by atoms with E-state index in [1.165, 1.54) is 289 Å². The van der Waals surface area contributed by atoms with Gasteiger partial charge in [-0.1, -0.05) is 341 Å². The number of allylic oxidation sites excluding steroid dienone is 1. The molecule has 2 atom stereocenters. The van der Waals surface area contributed by atoms with Crippen LogP contribution in [0.15, 0.2) is 12.2 Å². The molecule has 0 saturated carbocycles. The van der Waals surface area contributed by atoms with Gasteiger partial charge in [0, 0.05) is 12.8 Å². The van der Waals surface area contributed by atoms with Gasteiger partial charge in [0.2, 0.25) is 5.91 Å². The zero-order chi connectivity index (χ0) is 52.2. The summed E-state index contributed by atoms with van der Waals surface area (Å²) in [5.74, 6) is -0.0769. The Balaban J connectivity index is 3.44. The molecule has 0 aliphatic rings. The molecule has 0 fully saturated rings. The van der Waals surface area contributed by atoms with Crippen molar-refractivity contribution < 1.29 is 24.5 Å². The van der Waals surface area contributed by atoms with Crippen LogP contribution in [0, 0.1) is 0 Å². The predicted octanol–water partition coefficient (Wildman–Crippen LogP) is 20.8. The van der Waals surface area contributed by atoms with Crippen LogP contribution >= 0.6 is 0 Å². The monoisotopic (exact) mass is 1020 g/mol. The molecular weight excluding hydrogens is 887 g/mol. The number of aliphatic hydroxyl groups excluding tert-OH is 2. The van der Waals surface area contributed by atoms with Gasteiger partial charge in [0.15, 0.2) is 0 Å². The minimum absolute atomic E-state index is 0.00108. The van der Waals surface area contributed by atoms with Gasteiger partial charge < -0.3 is 20.3 Å². The highest BCUT2D eigenvalue weighted by atomic mass is 16.5. The van der Waals surface area contributed by atoms with E-state index in [4.69, 9.17) is 4.74 Å². The van der Waals surface area contributed by atoms with Crippen molar-refractivity contribution in [1.29, 1.82) is 0 Å². The van der Waals surface area contributed by atoms with Crippen molar-refractivity contribution in [2.24, 2.45) is 0 Å². The highest BCUT2D eigenvalue weighted by molar-refractivity contribution is 5.76. The molecule has 0 aromatic heterocycles. The number of rotatable bonds is 62. The van der Waals surface area contributed by atoms with Crippen LogP contribution in [0.25, 0.3) is 0 Å². The van der Waals surface area contributed by atoms with E-state index in [1.54, 1.807) is 6.08 Å². The van der Waals surface area contributed by atoms with Crippen molar-refractivity contribution in [3.05, 3.63) is 12.2 Å². The molecule has 2 unspecified atom stereocenters. The molecule has 0 rings (SSSR count). The Labute approximate surface area is 450 Å². The first-order valence-electron chi connectivity index (χ1n) is 33.0. The molecule has 0 radical (unpaired) electrons. The summed E-state index contributed by atoms with van der Waals surface area (Å²) in [6, 6.07) is -0.638. The van der Waals surface area contributed by atoms with Crippen molar-refractivity contribution in [3.63, 3.8) is 0 Å². The number of esters is 1. The molecule has 0 saturated heterocycles. The fraction of sp³-hybridized carbons (Fsp3) is 0.939. The van der Waals surface area contributed by atoms with Crippen LogP contribution in [0.2, 0.25) is 0 Å². The van der Waals surface area contributed by atoms with Crippen LogP contribution in [0.4, 0.5) is 0 Å². The summed E-state index contributed by atoms with van der Waals surface area (Å²) in [6.07, 6.45) is 75.4. The highest BCUT2D eigenvalue weighted by Gasteiger charge is 2.18. The minimum Gasteiger partial charge on any atom is -0.466 e. The van der Waals surface area contributed by atoms with Crippen molar-refractivity contribution in [1.82, 2.24) is 5.32 Å². The van der Waals surface area contributed by atoms with Gasteiger partial charge in [0.1, 0.15) is 0 Å². The number of ether oxygens (including phenoxy) is 1. The number of unbranched alkanes of at least 4 members (excludes halogenated alkanes) is 51. The Morgan fingerprint density at radius 2 is 0.639 bits per heavy atom. The molecular formula is C66H129NO5. The second-order valence-electron chi connectivity index (χ2n) is 22.8. The molecule has 72 heavy (non-hydrogen) atoms. The van der Waals surface area contributed by atoms with E-state index in [2.05, 4.69) is 19.2 Å². The lowest BCUT2D eigenvalue weighted by molar-refractivity contribution is -0.143. The minimum atomic E-state index is -0.854. The number of carbonyl (C=O) groups excluding carboxylic acids is 2. The zero-order valence-corrected chi connectivity index (χ0v) is 48.9. The number of carbonyl (C=O) groups is 2. The standard InChI is InChI=1S/C66H129NO5/c1-3-5-7-9-11-13-15-17-19-21-23-24-25-26-27-28-29-31-34-38-42-46-50-54-58-64(69)63(62-68)67-65(70)59-55-51-47-43-39-35-33-37-41-45-49-53-57-61-72-66(71)60-56-52-48-44-40-36-32-30-22-20-18-16-14-12-10-8-6-4-2/h54,58,63-64,68-69H,3-53,55-57,59-62H2,1-2H3,(H,67,70)/b58-54+. The van der Waals surface area contributed by atoms with Gasteiger partial charge in [-0.25, -0.2) is 0 Å². The Bertz CT molecular complexity index is 1080. The molecule has 1 amide bonds. The van der Waals surface area contributed by atoms with E-state index < -0.39 is 12.1 Å². The highest BCUT2D eigenvalue weighted by Crippen LogP contribution is 2.19. The molecule has 0 spiro atoms. The largest absolute Gasteiger partial charge is 0.466 e. The molecule has 428 valence electrons. The van der Waals surface area contributed by atoms with Crippen LogP contribution < -0.4 is 5.32 Å². The van der Waals surface area contributed by atoms with E-state index in [0.29, 0.717) is 19.4 Å². The average molecular weight is 1020 g/mol. The molecule has 0 aliphatic carbocycles. The molecule has 0 aliphatic heterocycles. The van der Waals surface area contributed by atoms with Gasteiger partial charge in [-0.15, -0.1) is 0 Å². The lowest BCUT2D eigenvalue weighted by Gasteiger charge is -2.20. The Kier molecular flexibility index (Phi) is 60.9. The molecule has 0 heterocycles. The summed E-state index contributed by atoms with van der Waals surface area (Å²) in [6.45, 7) is 4.92. The van der Waals surface area contributed by atoms with Crippen LogP contribution in [-0.2, 0) is 14.3 Å². The van der Waals surface area contributed by atoms with Crippen LogP contribution in [0.5, 0.6) is 0 Å². The third-order valence-electron chi connectivity index (χ3n) is 15.6. The molecule has 6 nitrogen and oxygen atoms in total. The fourth-order valence-electron chi connectivity index (χ4n) is 10.5. The van der Waals surface area contributed by atoms with E-state index in [0.717, 1.165) is 57.8 Å². The number of nitrogens with one attached hydrogen (secondary N) is 1. The third-order valence-corrected chi connectivity index (χ3v) is 15.6. The maximum atomic E-state index is 12.5. The average Bonchev–Trinajstić information content (AvgIpc) is 3.38. The maximum Gasteiger partial charge on any atom is 0.305 e. The first-order chi connectivity index (χ1) is 35.5. The topological polar surface area (TPSA) is 95.9 Å². The summed E-state index contributed by atoms with van der Waals surface area (Å²) in [5, 5.41) is 23.2. The molecule has 0 bridgehead atoms. The predicted molar refractivity (Wildman–Crippen MR) is 315 cm³/mol. The Hall–Kier alpha value is -1.40. The number of aliphatic hydroxyl groups is 2. The first-order valence-corrected chi connectivity index (χ1v) is 33.0. The second kappa shape index (κ2) is 62.1. The van der Waals surface area contributed by atoms with Crippen LogP contribution in [0.3, 0.4) is 0 Å². The number of hydrogen-bond acceptors (Lipinski definition) is 5.